The van der Waals surface area contributed by atoms with E-state index < -0.39 is 5.97 Å². The van der Waals surface area contributed by atoms with Gasteiger partial charge >= 0.3 is 5.97 Å². The van der Waals surface area contributed by atoms with Gasteiger partial charge in [0.25, 0.3) is 0 Å². The number of aromatic hydroxyl groups is 1. The van der Waals surface area contributed by atoms with E-state index in [0.717, 1.165) is 0 Å². The molecule has 2 N–H and O–H groups in total. The zero-order chi connectivity index (χ0) is 10.8. The molecule has 0 aliphatic heterocycles. The van der Waals surface area contributed by atoms with E-state index in [1.807, 2.05) is 0 Å². The maximum Gasteiger partial charge on any atom is 0.374 e. The molecule has 0 fully saturated rings. The molecule has 0 atom stereocenters. The number of carboxylic acid groups (broad SMARTS) is 1. The smallest absolute Gasteiger partial charge is 0.374 e. The molecule has 15 heavy (non-hydrogen) atoms. The molecule has 1 heterocycles. The Labute approximate surface area is 84.4 Å². The molecule has 0 radical (unpaired) electrons. The van der Waals surface area contributed by atoms with Crippen LogP contribution in [0.2, 0.25) is 0 Å². The molecular formula is C9H7N3O3. The summed E-state index contributed by atoms with van der Waals surface area (Å²) in [5.41, 5.74) is 0.333. The number of carboxylic acids is 1. The number of aromatic nitrogens is 3. The molecular weight excluding hydrogens is 198 g/mol. The van der Waals surface area contributed by atoms with E-state index in [4.69, 9.17) is 5.11 Å². The van der Waals surface area contributed by atoms with Crippen LogP contribution in [0.1, 0.15) is 10.6 Å². The van der Waals surface area contributed by atoms with Crippen molar-refractivity contribution in [2.75, 3.05) is 0 Å². The maximum atomic E-state index is 10.8. The van der Waals surface area contributed by atoms with Gasteiger partial charge in [0.1, 0.15) is 12.1 Å². The van der Waals surface area contributed by atoms with E-state index in [-0.39, 0.29) is 11.6 Å². The molecule has 0 aliphatic carbocycles. The first-order chi connectivity index (χ1) is 7.20. The second kappa shape index (κ2) is 3.41. The largest absolute Gasteiger partial charge is 0.506 e. The summed E-state index contributed by atoms with van der Waals surface area (Å²) in [4.78, 5) is 10.8. The van der Waals surface area contributed by atoms with Gasteiger partial charge in [-0.3, -0.25) is 4.57 Å². The minimum absolute atomic E-state index is 0.0280. The van der Waals surface area contributed by atoms with Crippen LogP contribution in [0.25, 0.3) is 5.69 Å². The lowest BCUT2D eigenvalue weighted by molar-refractivity contribution is 0.0681. The summed E-state index contributed by atoms with van der Waals surface area (Å²) in [7, 11) is 0. The standard InChI is InChI=1S/C9H7N3O3/c13-7-4-2-1-3-6(7)12-5-10-11-8(12)9(14)15/h1-5,13H,(H,14,15). The van der Waals surface area contributed by atoms with Crippen LogP contribution in [0.4, 0.5) is 0 Å². The number of benzene rings is 1. The SMILES string of the molecule is O=C(O)c1nncn1-c1ccccc1O. The van der Waals surface area contributed by atoms with Gasteiger partial charge in [-0.25, -0.2) is 4.79 Å². The molecule has 1 aromatic heterocycles. The second-order valence-electron chi connectivity index (χ2n) is 2.82. The molecule has 0 amide bonds. The summed E-state index contributed by atoms with van der Waals surface area (Å²) in [6.07, 6.45) is 1.23. The van der Waals surface area contributed by atoms with Crippen LogP contribution in [0, 0.1) is 0 Å². The Morgan fingerprint density at radius 2 is 2.07 bits per heavy atom. The molecule has 0 unspecified atom stereocenters. The lowest BCUT2D eigenvalue weighted by atomic mass is 10.3. The molecule has 0 spiro atoms. The fourth-order valence-electron chi connectivity index (χ4n) is 1.22. The molecule has 2 rings (SSSR count). The van der Waals surface area contributed by atoms with Crippen LogP contribution in [-0.4, -0.2) is 30.9 Å². The molecule has 1 aromatic carbocycles. The minimum atomic E-state index is -1.20. The van der Waals surface area contributed by atoms with Gasteiger partial charge in [-0.2, -0.15) is 0 Å². The lowest BCUT2D eigenvalue weighted by Crippen LogP contribution is -2.07. The van der Waals surface area contributed by atoms with E-state index >= 15 is 0 Å². The van der Waals surface area contributed by atoms with E-state index in [1.54, 1.807) is 18.2 Å². The summed E-state index contributed by atoms with van der Waals surface area (Å²) < 4.78 is 1.21. The average molecular weight is 205 g/mol. The third-order valence-electron chi connectivity index (χ3n) is 1.88. The highest BCUT2D eigenvalue weighted by Crippen LogP contribution is 2.21. The van der Waals surface area contributed by atoms with Crippen LogP contribution in [0.5, 0.6) is 5.75 Å². The van der Waals surface area contributed by atoms with E-state index in [1.165, 1.54) is 17.0 Å². The van der Waals surface area contributed by atoms with Crippen LogP contribution in [-0.2, 0) is 0 Å². The number of aromatic carboxylic acids is 1. The van der Waals surface area contributed by atoms with Crippen LogP contribution < -0.4 is 0 Å². The number of nitrogens with zero attached hydrogens (tertiary/aromatic N) is 3. The van der Waals surface area contributed by atoms with Gasteiger partial charge in [-0.15, -0.1) is 10.2 Å². The average Bonchev–Trinajstić information content (AvgIpc) is 2.67. The quantitative estimate of drug-likeness (QED) is 0.752. The topological polar surface area (TPSA) is 88.2 Å². The molecule has 6 nitrogen and oxygen atoms in total. The molecule has 6 heteroatoms. The second-order valence-corrected chi connectivity index (χ2v) is 2.82. The van der Waals surface area contributed by atoms with Crippen LogP contribution in [0.3, 0.4) is 0 Å². The van der Waals surface area contributed by atoms with E-state index in [0.29, 0.717) is 5.69 Å². The van der Waals surface area contributed by atoms with Crippen molar-refractivity contribution in [3.05, 3.63) is 36.4 Å². The van der Waals surface area contributed by atoms with Gasteiger partial charge in [0, 0.05) is 0 Å². The molecule has 0 saturated heterocycles. The number of phenolic OH excluding ortho intramolecular Hbond substituents is 1. The zero-order valence-electron chi connectivity index (χ0n) is 7.53. The maximum absolute atomic E-state index is 10.8. The van der Waals surface area contributed by atoms with Crippen LogP contribution >= 0.6 is 0 Å². The fourth-order valence-corrected chi connectivity index (χ4v) is 1.22. The van der Waals surface area contributed by atoms with Gasteiger partial charge in [0.2, 0.25) is 5.82 Å². The molecule has 0 aliphatic rings. The monoisotopic (exact) mass is 205 g/mol. The van der Waals surface area contributed by atoms with Crippen molar-refractivity contribution < 1.29 is 15.0 Å². The Balaban J connectivity index is 2.59. The Bertz CT molecular complexity index is 507. The zero-order valence-corrected chi connectivity index (χ0v) is 7.53. The summed E-state index contributed by atoms with van der Waals surface area (Å²) in [6, 6.07) is 6.36. The van der Waals surface area contributed by atoms with Crippen LogP contribution in [0.15, 0.2) is 30.6 Å². The Kier molecular flexibility index (Phi) is 2.09. The highest BCUT2D eigenvalue weighted by molar-refractivity contribution is 5.84. The highest BCUT2D eigenvalue weighted by atomic mass is 16.4. The molecule has 2 aromatic rings. The number of hydrogen-bond acceptors (Lipinski definition) is 4. The van der Waals surface area contributed by atoms with Crippen molar-refractivity contribution in [1.29, 1.82) is 0 Å². The summed E-state index contributed by atoms with van der Waals surface area (Å²) >= 11 is 0. The lowest BCUT2D eigenvalue weighted by Gasteiger charge is -2.05. The highest BCUT2D eigenvalue weighted by Gasteiger charge is 2.15. The first kappa shape index (κ1) is 9.20. The van der Waals surface area contributed by atoms with Gasteiger partial charge in [-0.05, 0) is 12.1 Å². The normalized spacial score (nSPS) is 10.1. The van der Waals surface area contributed by atoms with Crippen molar-refractivity contribution in [1.82, 2.24) is 14.8 Å². The van der Waals surface area contributed by atoms with Gasteiger partial charge in [0.15, 0.2) is 0 Å². The third-order valence-corrected chi connectivity index (χ3v) is 1.88. The van der Waals surface area contributed by atoms with Gasteiger partial charge in [0.05, 0.1) is 5.69 Å². The molecule has 76 valence electrons. The Hall–Kier alpha value is -2.37. The number of hydrogen-bond donors (Lipinski definition) is 2. The van der Waals surface area contributed by atoms with Crippen molar-refractivity contribution in [3.8, 4) is 11.4 Å². The van der Waals surface area contributed by atoms with Crippen molar-refractivity contribution in [2.45, 2.75) is 0 Å². The number of rotatable bonds is 2. The van der Waals surface area contributed by atoms with E-state index in [9.17, 15) is 9.90 Å². The minimum Gasteiger partial charge on any atom is -0.506 e. The third kappa shape index (κ3) is 1.52. The van der Waals surface area contributed by atoms with Crippen molar-refractivity contribution in [2.24, 2.45) is 0 Å². The fraction of sp³-hybridized carbons (Fsp3) is 0. The summed E-state index contributed by atoms with van der Waals surface area (Å²) in [5.74, 6) is -1.47. The first-order valence-electron chi connectivity index (χ1n) is 4.12. The van der Waals surface area contributed by atoms with E-state index in [2.05, 4.69) is 10.2 Å². The first-order valence-corrected chi connectivity index (χ1v) is 4.12. The Morgan fingerprint density at radius 3 is 2.73 bits per heavy atom. The predicted octanol–water partition coefficient (Wildman–Crippen LogP) is 0.671. The van der Waals surface area contributed by atoms with Gasteiger partial charge in [-0.1, -0.05) is 12.1 Å². The predicted molar refractivity (Wildman–Crippen MR) is 50.0 cm³/mol. The summed E-state index contributed by atoms with van der Waals surface area (Å²) in [6.45, 7) is 0. The number of phenols is 1. The van der Waals surface area contributed by atoms with Crippen molar-refractivity contribution >= 4 is 5.97 Å². The number of carbonyl (C=O) groups is 1. The summed E-state index contributed by atoms with van der Waals surface area (Å²) in [5, 5.41) is 25.2. The Morgan fingerprint density at radius 1 is 1.33 bits per heavy atom. The molecule has 0 saturated carbocycles. The number of para-hydroxylation sites is 2. The van der Waals surface area contributed by atoms with Crippen molar-refractivity contribution in [3.63, 3.8) is 0 Å². The molecule has 0 bridgehead atoms. The van der Waals surface area contributed by atoms with Gasteiger partial charge < -0.3 is 10.2 Å².